The van der Waals surface area contributed by atoms with Crippen LogP contribution in [0.4, 0.5) is 13.2 Å². The first-order chi connectivity index (χ1) is 8.39. The molecule has 2 heterocycles. The highest BCUT2D eigenvalue weighted by Gasteiger charge is 2.35. The number of alkyl halides is 3. The van der Waals surface area contributed by atoms with Crippen molar-refractivity contribution in [1.82, 2.24) is 4.98 Å². The number of thiophene rings is 1. The molecule has 0 atom stereocenters. The van der Waals surface area contributed by atoms with Crippen LogP contribution < -0.4 is 0 Å². The Labute approximate surface area is 113 Å². The minimum absolute atomic E-state index is 0.236. The first kappa shape index (κ1) is 13.2. The van der Waals surface area contributed by atoms with Gasteiger partial charge in [0.1, 0.15) is 0 Å². The van der Waals surface area contributed by atoms with Crippen molar-refractivity contribution in [3.8, 4) is 0 Å². The Balaban J connectivity index is 2.49. The summed E-state index contributed by atoms with van der Waals surface area (Å²) >= 11 is 4.24. The molecule has 0 aliphatic heterocycles. The molecule has 2 aromatic heterocycles. The molecule has 18 heavy (non-hydrogen) atoms. The molecule has 2 nitrogen and oxygen atoms in total. The molecule has 0 spiro atoms. The summed E-state index contributed by atoms with van der Waals surface area (Å²) in [5.41, 5.74) is -1.40. The average molecular weight is 336 g/mol. The third-order valence-electron chi connectivity index (χ3n) is 2.17. The minimum Gasteiger partial charge on any atom is -0.288 e. The van der Waals surface area contributed by atoms with Crippen LogP contribution in [-0.4, -0.2) is 10.8 Å². The van der Waals surface area contributed by atoms with Gasteiger partial charge in [0.05, 0.1) is 19.8 Å². The Hall–Kier alpha value is -1.21. The first-order valence-electron chi connectivity index (χ1n) is 4.71. The molecule has 2 aromatic rings. The lowest BCUT2D eigenvalue weighted by molar-refractivity contribution is -0.137. The monoisotopic (exact) mass is 335 g/mol. The van der Waals surface area contributed by atoms with Crippen molar-refractivity contribution in [3.05, 3.63) is 50.4 Å². The van der Waals surface area contributed by atoms with Crippen LogP contribution in [0.5, 0.6) is 0 Å². The number of hydrogen-bond donors (Lipinski definition) is 0. The zero-order valence-corrected chi connectivity index (χ0v) is 11.1. The van der Waals surface area contributed by atoms with Gasteiger partial charge >= 0.3 is 6.18 Å². The summed E-state index contributed by atoms with van der Waals surface area (Å²) in [7, 11) is 0. The molecule has 0 saturated carbocycles. The Morgan fingerprint density at radius 1 is 1.28 bits per heavy atom. The van der Waals surface area contributed by atoms with Crippen LogP contribution in [0.25, 0.3) is 0 Å². The largest absolute Gasteiger partial charge is 0.417 e. The van der Waals surface area contributed by atoms with Crippen molar-refractivity contribution in [2.75, 3.05) is 0 Å². The fourth-order valence-electron chi connectivity index (χ4n) is 1.39. The summed E-state index contributed by atoms with van der Waals surface area (Å²) in [5.74, 6) is -0.675. The maximum atomic E-state index is 12.7. The molecular formula is C11H5BrF3NOS. The SMILES string of the molecule is O=C(c1ccc(Br)s1)c1cnccc1C(F)(F)F. The molecule has 0 aliphatic rings. The van der Waals surface area contributed by atoms with Gasteiger partial charge in [0.25, 0.3) is 0 Å². The number of ketones is 1. The normalized spacial score (nSPS) is 11.6. The van der Waals surface area contributed by atoms with Gasteiger partial charge in [-0.25, -0.2) is 0 Å². The maximum absolute atomic E-state index is 12.7. The van der Waals surface area contributed by atoms with E-state index in [-0.39, 0.29) is 4.88 Å². The number of aromatic nitrogens is 1. The Morgan fingerprint density at radius 2 is 2.00 bits per heavy atom. The van der Waals surface area contributed by atoms with Gasteiger partial charge in [0.15, 0.2) is 0 Å². The number of carbonyl (C=O) groups excluding carboxylic acids is 1. The molecule has 0 saturated heterocycles. The van der Waals surface area contributed by atoms with E-state index in [9.17, 15) is 18.0 Å². The van der Waals surface area contributed by atoms with Crippen molar-refractivity contribution in [1.29, 1.82) is 0 Å². The molecular weight excluding hydrogens is 331 g/mol. The first-order valence-corrected chi connectivity index (χ1v) is 6.32. The molecule has 0 fully saturated rings. The van der Waals surface area contributed by atoms with Gasteiger partial charge in [-0.1, -0.05) is 0 Å². The van der Waals surface area contributed by atoms with Crippen LogP contribution in [0.15, 0.2) is 34.4 Å². The molecule has 94 valence electrons. The number of pyridine rings is 1. The second kappa shape index (κ2) is 4.81. The molecule has 2 rings (SSSR count). The minimum atomic E-state index is -4.57. The number of carbonyl (C=O) groups is 1. The zero-order chi connectivity index (χ0) is 13.3. The molecule has 0 N–H and O–H groups in total. The predicted octanol–water partition coefficient (Wildman–Crippen LogP) is 4.16. The fraction of sp³-hybridized carbons (Fsp3) is 0.0909. The molecule has 0 amide bonds. The van der Waals surface area contributed by atoms with Gasteiger partial charge in [-0.2, -0.15) is 13.2 Å². The highest BCUT2D eigenvalue weighted by Crippen LogP contribution is 2.33. The van der Waals surface area contributed by atoms with E-state index in [1.54, 1.807) is 6.07 Å². The smallest absolute Gasteiger partial charge is 0.288 e. The molecule has 0 radical (unpaired) electrons. The van der Waals surface area contributed by atoms with Gasteiger partial charge in [0, 0.05) is 12.4 Å². The number of hydrogen-bond acceptors (Lipinski definition) is 3. The van der Waals surface area contributed by atoms with E-state index in [0.717, 1.165) is 29.8 Å². The molecule has 0 unspecified atom stereocenters. The van der Waals surface area contributed by atoms with E-state index in [1.807, 2.05) is 0 Å². The van der Waals surface area contributed by atoms with Crippen LogP contribution >= 0.6 is 27.3 Å². The molecule has 7 heteroatoms. The lowest BCUT2D eigenvalue weighted by atomic mass is 10.1. The van der Waals surface area contributed by atoms with E-state index in [1.165, 1.54) is 6.07 Å². The highest BCUT2D eigenvalue weighted by atomic mass is 79.9. The number of nitrogens with zero attached hydrogens (tertiary/aromatic N) is 1. The van der Waals surface area contributed by atoms with E-state index in [4.69, 9.17) is 0 Å². The quantitative estimate of drug-likeness (QED) is 0.771. The summed E-state index contributed by atoms with van der Waals surface area (Å²) < 4.78 is 38.9. The fourth-order valence-corrected chi connectivity index (χ4v) is 2.73. The van der Waals surface area contributed by atoms with Crippen molar-refractivity contribution in [3.63, 3.8) is 0 Å². The standard InChI is InChI=1S/C11H5BrF3NOS/c12-9-2-1-8(18-9)10(17)6-5-16-4-3-7(6)11(13,14)15/h1-5H. The van der Waals surface area contributed by atoms with E-state index in [0.29, 0.717) is 3.79 Å². The molecule has 0 aliphatic carbocycles. The van der Waals surface area contributed by atoms with Gasteiger partial charge in [-0.05, 0) is 34.1 Å². The number of rotatable bonds is 2. The summed E-state index contributed by atoms with van der Waals surface area (Å²) in [4.78, 5) is 15.8. The lowest BCUT2D eigenvalue weighted by Crippen LogP contribution is -2.13. The van der Waals surface area contributed by atoms with Crippen molar-refractivity contribution >= 4 is 33.0 Å². The van der Waals surface area contributed by atoms with Gasteiger partial charge in [-0.3, -0.25) is 9.78 Å². The second-order valence-electron chi connectivity index (χ2n) is 3.35. The Bertz CT molecular complexity index is 594. The third kappa shape index (κ3) is 2.62. The van der Waals surface area contributed by atoms with Gasteiger partial charge < -0.3 is 0 Å². The Morgan fingerprint density at radius 3 is 2.56 bits per heavy atom. The van der Waals surface area contributed by atoms with Crippen molar-refractivity contribution < 1.29 is 18.0 Å². The second-order valence-corrected chi connectivity index (χ2v) is 5.81. The average Bonchev–Trinajstić information content (AvgIpc) is 2.74. The summed E-state index contributed by atoms with van der Waals surface area (Å²) in [6.07, 6.45) is -2.61. The van der Waals surface area contributed by atoms with E-state index in [2.05, 4.69) is 20.9 Å². The lowest BCUT2D eigenvalue weighted by Gasteiger charge is -2.10. The van der Waals surface area contributed by atoms with Crippen LogP contribution in [0, 0.1) is 0 Å². The van der Waals surface area contributed by atoms with E-state index >= 15 is 0 Å². The van der Waals surface area contributed by atoms with Crippen LogP contribution in [0.2, 0.25) is 0 Å². The summed E-state index contributed by atoms with van der Waals surface area (Å²) in [5, 5.41) is 0. The Kier molecular flexibility index (Phi) is 3.54. The third-order valence-corrected chi connectivity index (χ3v) is 3.79. The topological polar surface area (TPSA) is 30.0 Å². The maximum Gasteiger partial charge on any atom is 0.417 e. The van der Waals surface area contributed by atoms with E-state index < -0.39 is 23.1 Å². The summed E-state index contributed by atoms with van der Waals surface area (Å²) in [6.45, 7) is 0. The predicted molar refractivity (Wildman–Crippen MR) is 64.7 cm³/mol. The van der Waals surface area contributed by atoms with Gasteiger partial charge in [-0.15, -0.1) is 11.3 Å². The summed E-state index contributed by atoms with van der Waals surface area (Å²) in [6, 6.07) is 3.89. The number of halogens is 4. The molecule has 0 aromatic carbocycles. The molecule has 0 bridgehead atoms. The van der Waals surface area contributed by atoms with Crippen LogP contribution in [0.3, 0.4) is 0 Å². The van der Waals surface area contributed by atoms with Crippen molar-refractivity contribution in [2.45, 2.75) is 6.18 Å². The van der Waals surface area contributed by atoms with Crippen molar-refractivity contribution in [2.24, 2.45) is 0 Å². The van der Waals surface area contributed by atoms with Crippen LogP contribution in [-0.2, 0) is 6.18 Å². The zero-order valence-electron chi connectivity index (χ0n) is 8.66. The highest BCUT2D eigenvalue weighted by molar-refractivity contribution is 9.11. The van der Waals surface area contributed by atoms with Crippen LogP contribution in [0.1, 0.15) is 20.8 Å². The van der Waals surface area contributed by atoms with Gasteiger partial charge in [0.2, 0.25) is 5.78 Å².